The highest BCUT2D eigenvalue weighted by atomic mass is 32.2. The van der Waals surface area contributed by atoms with Gasteiger partial charge in [-0.15, -0.1) is 11.3 Å². The highest BCUT2D eigenvalue weighted by Gasteiger charge is 2.18. The van der Waals surface area contributed by atoms with Crippen molar-refractivity contribution < 1.29 is 13.5 Å². The maximum Gasteiger partial charge on any atom is 0.214 e. The number of rotatable bonds is 7. The van der Waals surface area contributed by atoms with Crippen LogP contribution in [0.5, 0.6) is 0 Å². The first-order chi connectivity index (χ1) is 7.95. The van der Waals surface area contributed by atoms with Crippen molar-refractivity contribution in [3.63, 3.8) is 0 Å². The summed E-state index contributed by atoms with van der Waals surface area (Å²) in [6.45, 7) is 2.24. The summed E-state index contributed by atoms with van der Waals surface area (Å²) in [4.78, 5) is 4.23. The molecule has 0 radical (unpaired) electrons. The Morgan fingerprint density at radius 1 is 1.47 bits per heavy atom. The summed E-state index contributed by atoms with van der Waals surface area (Å²) in [6.07, 6.45) is 1.00. The second kappa shape index (κ2) is 6.44. The van der Waals surface area contributed by atoms with Gasteiger partial charge in [0.2, 0.25) is 10.0 Å². The third-order valence-electron chi connectivity index (χ3n) is 2.34. The SMILES string of the molecule is Cc1nc(CN(C)S(=O)(=O)CCCCO)cs1. The third kappa shape index (κ3) is 4.71. The fourth-order valence-corrected chi connectivity index (χ4v) is 3.17. The van der Waals surface area contributed by atoms with Gasteiger partial charge in [-0.25, -0.2) is 13.4 Å². The molecule has 7 heteroatoms. The molecule has 1 N–H and O–H groups in total. The number of hydrogen-bond donors (Lipinski definition) is 1. The lowest BCUT2D eigenvalue weighted by molar-refractivity contribution is 0.287. The molecule has 0 saturated heterocycles. The van der Waals surface area contributed by atoms with Crippen LogP contribution in [0.4, 0.5) is 0 Å². The number of unbranched alkanes of at least 4 members (excludes halogenated alkanes) is 1. The lowest BCUT2D eigenvalue weighted by atomic mass is 10.4. The maximum absolute atomic E-state index is 11.8. The van der Waals surface area contributed by atoms with E-state index in [2.05, 4.69) is 4.98 Å². The summed E-state index contributed by atoms with van der Waals surface area (Å²) >= 11 is 1.51. The molecule has 0 aliphatic heterocycles. The van der Waals surface area contributed by atoms with Crippen LogP contribution in [0.15, 0.2) is 5.38 Å². The molecule has 1 rings (SSSR count). The van der Waals surface area contributed by atoms with Crippen LogP contribution < -0.4 is 0 Å². The number of nitrogens with zero attached hydrogens (tertiary/aromatic N) is 2. The molecule has 1 heterocycles. The summed E-state index contributed by atoms with van der Waals surface area (Å²) in [5.74, 6) is 0.0766. The summed E-state index contributed by atoms with van der Waals surface area (Å²) in [7, 11) is -1.68. The quantitative estimate of drug-likeness (QED) is 0.755. The van der Waals surface area contributed by atoms with E-state index in [9.17, 15) is 8.42 Å². The van der Waals surface area contributed by atoms with Gasteiger partial charge in [0.25, 0.3) is 0 Å². The van der Waals surface area contributed by atoms with Crippen molar-refractivity contribution in [1.82, 2.24) is 9.29 Å². The molecule has 0 aliphatic carbocycles. The normalized spacial score (nSPS) is 12.2. The highest BCUT2D eigenvalue weighted by Crippen LogP contribution is 2.12. The summed E-state index contributed by atoms with van der Waals surface area (Å²) < 4.78 is 25.0. The van der Waals surface area contributed by atoms with Crippen molar-refractivity contribution in [1.29, 1.82) is 0 Å². The molecule has 0 bridgehead atoms. The minimum atomic E-state index is -3.23. The van der Waals surface area contributed by atoms with Gasteiger partial charge in [-0.05, 0) is 19.8 Å². The van der Waals surface area contributed by atoms with Crippen molar-refractivity contribution in [3.05, 3.63) is 16.1 Å². The van der Waals surface area contributed by atoms with Crippen LogP contribution in [0.25, 0.3) is 0 Å². The zero-order valence-corrected chi connectivity index (χ0v) is 11.7. The minimum absolute atomic E-state index is 0.0323. The van der Waals surface area contributed by atoms with Crippen LogP contribution in [0.2, 0.25) is 0 Å². The van der Waals surface area contributed by atoms with Crippen molar-refractivity contribution >= 4 is 21.4 Å². The van der Waals surface area contributed by atoms with Gasteiger partial charge in [-0.1, -0.05) is 0 Å². The van der Waals surface area contributed by atoms with Gasteiger partial charge in [0.1, 0.15) is 0 Å². The summed E-state index contributed by atoms with van der Waals surface area (Å²) in [5, 5.41) is 11.4. The predicted octanol–water partition coefficient (Wildman–Crippen LogP) is 0.986. The molecular weight excluding hydrogens is 260 g/mol. The molecule has 0 unspecified atom stereocenters. The van der Waals surface area contributed by atoms with Crippen LogP contribution in [-0.4, -0.2) is 42.2 Å². The zero-order valence-electron chi connectivity index (χ0n) is 10.1. The average molecular weight is 278 g/mol. The monoisotopic (exact) mass is 278 g/mol. The molecule has 0 spiro atoms. The Hall–Kier alpha value is -0.500. The van der Waals surface area contributed by atoms with E-state index in [1.54, 1.807) is 7.05 Å². The van der Waals surface area contributed by atoms with E-state index in [0.717, 1.165) is 10.7 Å². The van der Waals surface area contributed by atoms with Crippen molar-refractivity contribution in [3.8, 4) is 0 Å². The number of sulfonamides is 1. The van der Waals surface area contributed by atoms with E-state index in [4.69, 9.17) is 5.11 Å². The van der Waals surface area contributed by atoms with Gasteiger partial charge in [0.15, 0.2) is 0 Å². The molecule has 5 nitrogen and oxygen atoms in total. The van der Waals surface area contributed by atoms with Crippen molar-refractivity contribution in [2.24, 2.45) is 0 Å². The molecular formula is C10H18N2O3S2. The molecule has 0 atom stereocenters. The number of aryl methyl sites for hydroxylation is 1. The minimum Gasteiger partial charge on any atom is -0.396 e. The Kier molecular flexibility index (Phi) is 5.51. The fraction of sp³-hybridized carbons (Fsp3) is 0.700. The van der Waals surface area contributed by atoms with Gasteiger partial charge in [0.05, 0.1) is 23.0 Å². The van der Waals surface area contributed by atoms with E-state index in [-0.39, 0.29) is 12.4 Å². The standard InChI is InChI=1S/C10H18N2O3S2/c1-9-11-10(8-16-9)7-12(2)17(14,15)6-4-3-5-13/h8,13H,3-7H2,1-2H3. The molecule has 1 aromatic rings. The van der Waals surface area contributed by atoms with Crippen LogP contribution in [-0.2, 0) is 16.6 Å². The second-order valence-electron chi connectivity index (χ2n) is 3.86. The Morgan fingerprint density at radius 3 is 2.71 bits per heavy atom. The molecule has 0 aromatic carbocycles. The molecule has 0 aliphatic rings. The topological polar surface area (TPSA) is 70.5 Å². The van der Waals surface area contributed by atoms with E-state index >= 15 is 0 Å². The Morgan fingerprint density at radius 2 is 2.18 bits per heavy atom. The van der Waals surface area contributed by atoms with Gasteiger partial charge >= 0.3 is 0 Å². The van der Waals surface area contributed by atoms with Crippen LogP contribution in [0.3, 0.4) is 0 Å². The van der Waals surface area contributed by atoms with Gasteiger partial charge in [0, 0.05) is 19.0 Å². The first kappa shape index (κ1) is 14.6. The Balaban J connectivity index is 2.53. The Labute approximate surface area is 106 Å². The van der Waals surface area contributed by atoms with Gasteiger partial charge in [-0.2, -0.15) is 4.31 Å². The highest BCUT2D eigenvalue weighted by molar-refractivity contribution is 7.89. The number of aliphatic hydroxyl groups excluding tert-OH is 1. The third-order valence-corrected chi connectivity index (χ3v) is 5.04. The number of aliphatic hydroxyl groups is 1. The van der Waals surface area contributed by atoms with E-state index < -0.39 is 10.0 Å². The van der Waals surface area contributed by atoms with E-state index in [0.29, 0.717) is 19.4 Å². The van der Waals surface area contributed by atoms with Crippen LogP contribution >= 0.6 is 11.3 Å². The molecule has 0 amide bonds. The molecule has 1 aromatic heterocycles. The lowest BCUT2D eigenvalue weighted by Crippen LogP contribution is -2.29. The number of thiazole rings is 1. The first-order valence-corrected chi connectivity index (χ1v) is 7.90. The van der Waals surface area contributed by atoms with Crippen molar-refractivity contribution in [2.75, 3.05) is 19.4 Å². The summed E-state index contributed by atoms with van der Waals surface area (Å²) in [5.41, 5.74) is 0.778. The largest absolute Gasteiger partial charge is 0.396 e. The van der Waals surface area contributed by atoms with Gasteiger partial charge in [-0.3, -0.25) is 0 Å². The fourth-order valence-electron chi connectivity index (χ4n) is 1.36. The first-order valence-electron chi connectivity index (χ1n) is 5.41. The number of hydrogen-bond acceptors (Lipinski definition) is 5. The van der Waals surface area contributed by atoms with Gasteiger partial charge < -0.3 is 5.11 Å². The maximum atomic E-state index is 11.8. The van der Waals surface area contributed by atoms with Crippen LogP contribution in [0, 0.1) is 6.92 Å². The average Bonchev–Trinajstić information content (AvgIpc) is 2.64. The molecule has 0 saturated carbocycles. The predicted molar refractivity (Wildman–Crippen MR) is 68.4 cm³/mol. The van der Waals surface area contributed by atoms with E-state index in [1.807, 2.05) is 12.3 Å². The van der Waals surface area contributed by atoms with E-state index in [1.165, 1.54) is 15.6 Å². The second-order valence-corrected chi connectivity index (χ2v) is 7.12. The Bertz CT molecular complexity index is 442. The molecule has 17 heavy (non-hydrogen) atoms. The number of aromatic nitrogens is 1. The van der Waals surface area contributed by atoms with Crippen molar-refractivity contribution in [2.45, 2.75) is 26.3 Å². The molecule has 0 fully saturated rings. The smallest absolute Gasteiger partial charge is 0.214 e. The van der Waals surface area contributed by atoms with Crippen LogP contribution in [0.1, 0.15) is 23.5 Å². The summed E-state index contributed by atoms with van der Waals surface area (Å²) in [6, 6.07) is 0. The zero-order chi connectivity index (χ0) is 12.9. The lowest BCUT2D eigenvalue weighted by Gasteiger charge is -2.15. The molecule has 98 valence electrons.